The van der Waals surface area contributed by atoms with E-state index in [4.69, 9.17) is 16.3 Å². The van der Waals surface area contributed by atoms with Crippen LogP contribution in [0.4, 0.5) is 4.39 Å². The van der Waals surface area contributed by atoms with Gasteiger partial charge >= 0.3 is 0 Å². The SMILES string of the molecule is O=C(C1(F)CC1)C1(c2ccccc2Cl)CO1. The Morgan fingerprint density at radius 1 is 1.38 bits per heavy atom. The van der Waals surface area contributed by atoms with Crippen LogP contribution >= 0.6 is 11.6 Å². The Hall–Kier alpha value is -0.930. The second-order valence-electron chi connectivity index (χ2n) is 4.39. The Bertz CT molecular complexity index is 464. The van der Waals surface area contributed by atoms with Crippen LogP contribution in [0.1, 0.15) is 18.4 Å². The highest BCUT2D eigenvalue weighted by Gasteiger charge is 2.66. The van der Waals surface area contributed by atoms with E-state index in [-0.39, 0.29) is 6.61 Å². The van der Waals surface area contributed by atoms with Gasteiger partial charge in [0.05, 0.1) is 6.61 Å². The molecule has 0 spiro atoms. The molecule has 0 N–H and O–H groups in total. The third-order valence-corrected chi connectivity index (χ3v) is 3.53. The summed E-state index contributed by atoms with van der Waals surface area (Å²) in [6.45, 7) is 0.237. The highest BCUT2D eigenvalue weighted by atomic mass is 35.5. The number of rotatable bonds is 3. The van der Waals surface area contributed by atoms with Crippen LogP contribution in [-0.4, -0.2) is 18.1 Å². The second kappa shape index (κ2) is 3.05. The van der Waals surface area contributed by atoms with Gasteiger partial charge in [-0.15, -0.1) is 0 Å². The third-order valence-electron chi connectivity index (χ3n) is 3.20. The molecule has 1 saturated carbocycles. The van der Waals surface area contributed by atoms with Crippen LogP contribution in [0.25, 0.3) is 0 Å². The van der Waals surface area contributed by atoms with Gasteiger partial charge in [0.15, 0.2) is 11.3 Å². The van der Waals surface area contributed by atoms with E-state index in [1.54, 1.807) is 24.3 Å². The van der Waals surface area contributed by atoms with Gasteiger partial charge in [0.25, 0.3) is 0 Å². The van der Waals surface area contributed by atoms with Gasteiger partial charge in [-0.1, -0.05) is 29.8 Å². The molecule has 0 amide bonds. The number of epoxide rings is 1. The number of ketones is 1. The first-order valence-corrected chi connectivity index (χ1v) is 5.59. The fourth-order valence-corrected chi connectivity index (χ4v) is 2.26. The van der Waals surface area contributed by atoms with Gasteiger partial charge in [-0.25, -0.2) is 4.39 Å². The fraction of sp³-hybridized carbons (Fsp3) is 0.417. The Balaban J connectivity index is 2.00. The average molecular weight is 241 g/mol. The van der Waals surface area contributed by atoms with Gasteiger partial charge < -0.3 is 4.74 Å². The quantitative estimate of drug-likeness (QED) is 0.761. The van der Waals surface area contributed by atoms with Crippen molar-refractivity contribution < 1.29 is 13.9 Å². The number of hydrogen-bond donors (Lipinski definition) is 0. The van der Waals surface area contributed by atoms with Gasteiger partial charge in [-0.05, 0) is 18.9 Å². The van der Waals surface area contributed by atoms with E-state index in [0.29, 0.717) is 23.4 Å². The standard InChI is InChI=1S/C12H10ClFO2/c13-9-4-2-1-3-8(9)12(7-16-12)10(15)11(14)5-6-11/h1-4H,5-7H2. The minimum Gasteiger partial charge on any atom is -0.356 e. The van der Waals surface area contributed by atoms with Crippen LogP contribution in [0.2, 0.25) is 5.02 Å². The predicted molar refractivity (Wildman–Crippen MR) is 57.2 cm³/mol. The number of carbonyl (C=O) groups is 1. The predicted octanol–water partition coefficient (Wildman–Crippen LogP) is 2.64. The summed E-state index contributed by atoms with van der Waals surface area (Å²) < 4.78 is 19.0. The van der Waals surface area contributed by atoms with E-state index in [0.717, 1.165) is 0 Å². The maximum atomic E-state index is 13.8. The number of benzene rings is 1. The van der Waals surface area contributed by atoms with Gasteiger partial charge in [0.1, 0.15) is 0 Å². The Kier molecular flexibility index (Phi) is 1.95. The normalized spacial score (nSPS) is 29.9. The topological polar surface area (TPSA) is 29.6 Å². The molecule has 0 bridgehead atoms. The van der Waals surface area contributed by atoms with Crippen molar-refractivity contribution in [3.05, 3.63) is 34.9 Å². The molecule has 2 fully saturated rings. The van der Waals surface area contributed by atoms with Crippen molar-refractivity contribution in [1.82, 2.24) is 0 Å². The van der Waals surface area contributed by atoms with E-state index >= 15 is 0 Å². The monoisotopic (exact) mass is 240 g/mol. The van der Waals surface area contributed by atoms with Crippen molar-refractivity contribution >= 4 is 17.4 Å². The molecule has 1 aromatic carbocycles. The molecule has 1 atom stereocenters. The lowest BCUT2D eigenvalue weighted by Gasteiger charge is -2.14. The highest BCUT2D eigenvalue weighted by Crippen LogP contribution is 2.52. The van der Waals surface area contributed by atoms with Crippen LogP contribution in [0.5, 0.6) is 0 Å². The molecule has 1 unspecified atom stereocenters. The van der Waals surface area contributed by atoms with Crippen LogP contribution in [0.3, 0.4) is 0 Å². The molecule has 1 saturated heterocycles. The first kappa shape index (κ1) is 10.2. The minimum atomic E-state index is -1.67. The molecule has 4 heteroatoms. The molecule has 0 aromatic heterocycles. The highest BCUT2D eigenvalue weighted by molar-refractivity contribution is 6.32. The smallest absolute Gasteiger partial charge is 0.208 e. The molecule has 1 heterocycles. The van der Waals surface area contributed by atoms with Crippen molar-refractivity contribution in [2.75, 3.05) is 6.61 Å². The van der Waals surface area contributed by atoms with Crippen molar-refractivity contribution in [2.24, 2.45) is 0 Å². The van der Waals surface area contributed by atoms with E-state index < -0.39 is 17.1 Å². The number of Topliss-reactive ketones (excluding diaryl/α,β-unsaturated/α-hetero) is 1. The zero-order chi connectivity index (χ0) is 11.4. The average Bonchev–Trinajstić information content (AvgIpc) is 3.15. The molecule has 1 aliphatic carbocycles. The Morgan fingerprint density at radius 2 is 2.00 bits per heavy atom. The summed E-state index contributed by atoms with van der Waals surface area (Å²) in [4.78, 5) is 12.0. The second-order valence-corrected chi connectivity index (χ2v) is 4.80. The molecular weight excluding hydrogens is 231 g/mol. The first-order valence-electron chi connectivity index (χ1n) is 5.21. The van der Waals surface area contributed by atoms with Crippen molar-refractivity contribution in [3.63, 3.8) is 0 Å². The molecule has 1 aromatic rings. The summed E-state index contributed by atoms with van der Waals surface area (Å²) in [5, 5.41) is 0.456. The molecule has 0 radical (unpaired) electrons. The van der Waals surface area contributed by atoms with Crippen molar-refractivity contribution in [1.29, 1.82) is 0 Å². The Morgan fingerprint density at radius 3 is 2.50 bits per heavy atom. The summed E-state index contributed by atoms with van der Waals surface area (Å²) in [6, 6.07) is 6.95. The zero-order valence-electron chi connectivity index (χ0n) is 8.50. The number of ether oxygens (including phenoxy) is 1. The van der Waals surface area contributed by atoms with Gasteiger partial charge in [0.2, 0.25) is 5.78 Å². The fourth-order valence-electron chi connectivity index (χ4n) is 1.97. The van der Waals surface area contributed by atoms with E-state index in [1.807, 2.05) is 0 Å². The van der Waals surface area contributed by atoms with Crippen LogP contribution in [-0.2, 0) is 15.1 Å². The van der Waals surface area contributed by atoms with Crippen molar-refractivity contribution in [3.8, 4) is 0 Å². The lowest BCUT2D eigenvalue weighted by atomic mass is 9.91. The third kappa shape index (κ3) is 1.31. The summed E-state index contributed by atoms with van der Waals surface area (Å²) in [6.07, 6.45) is 0.614. The zero-order valence-corrected chi connectivity index (χ0v) is 9.26. The molecule has 1 aliphatic heterocycles. The van der Waals surface area contributed by atoms with Crippen LogP contribution < -0.4 is 0 Å². The number of halogens is 2. The lowest BCUT2D eigenvalue weighted by Crippen LogP contribution is -2.32. The number of alkyl halides is 1. The van der Waals surface area contributed by atoms with Gasteiger partial charge in [0, 0.05) is 10.6 Å². The largest absolute Gasteiger partial charge is 0.356 e. The Labute approximate surface area is 97.4 Å². The number of carbonyl (C=O) groups excluding carboxylic acids is 1. The van der Waals surface area contributed by atoms with Gasteiger partial charge in [-0.2, -0.15) is 0 Å². The summed E-state index contributed by atoms with van der Waals surface area (Å²) in [7, 11) is 0. The maximum absolute atomic E-state index is 13.8. The molecular formula is C12H10ClFO2. The minimum absolute atomic E-state index is 0.237. The summed E-state index contributed by atoms with van der Waals surface area (Å²) >= 11 is 6.01. The van der Waals surface area contributed by atoms with Crippen LogP contribution in [0.15, 0.2) is 24.3 Å². The molecule has 2 nitrogen and oxygen atoms in total. The molecule has 2 aliphatic rings. The summed E-state index contributed by atoms with van der Waals surface area (Å²) in [5.41, 5.74) is -2.19. The maximum Gasteiger partial charge on any atom is 0.208 e. The number of hydrogen-bond acceptors (Lipinski definition) is 2. The molecule has 84 valence electrons. The lowest BCUT2D eigenvalue weighted by molar-refractivity contribution is -0.130. The molecule has 3 rings (SSSR count). The van der Waals surface area contributed by atoms with Gasteiger partial charge in [-0.3, -0.25) is 4.79 Å². The van der Waals surface area contributed by atoms with E-state index in [1.165, 1.54) is 0 Å². The van der Waals surface area contributed by atoms with Crippen molar-refractivity contribution in [2.45, 2.75) is 24.1 Å². The molecule has 16 heavy (non-hydrogen) atoms. The summed E-state index contributed by atoms with van der Waals surface area (Å²) in [5.74, 6) is -0.465. The van der Waals surface area contributed by atoms with E-state index in [2.05, 4.69) is 0 Å². The first-order chi connectivity index (χ1) is 7.58. The van der Waals surface area contributed by atoms with E-state index in [9.17, 15) is 9.18 Å². The van der Waals surface area contributed by atoms with Crippen LogP contribution in [0, 0.1) is 0 Å².